The molecule has 0 radical (unpaired) electrons. The van der Waals surface area contributed by atoms with Crippen molar-refractivity contribution in [1.82, 2.24) is 15.1 Å². The second-order valence-corrected chi connectivity index (χ2v) is 5.45. The van der Waals surface area contributed by atoms with Crippen molar-refractivity contribution in [2.24, 2.45) is 13.0 Å². The van der Waals surface area contributed by atoms with Crippen molar-refractivity contribution in [1.29, 1.82) is 0 Å². The van der Waals surface area contributed by atoms with Gasteiger partial charge >= 0.3 is 0 Å². The molecule has 1 unspecified atom stereocenters. The highest BCUT2D eigenvalue weighted by atomic mass is 16.3. The molecule has 1 atom stereocenters. The third-order valence-corrected chi connectivity index (χ3v) is 3.81. The van der Waals surface area contributed by atoms with Crippen molar-refractivity contribution in [2.45, 2.75) is 59.5 Å². The summed E-state index contributed by atoms with van der Waals surface area (Å²) < 4.78 is 2.01. The monoisotopic (exact) mass is 267 g/mol. The summed E-state index contributed by atoms with van der Waals surface area (Å²) in [5, 5.41) is 17.3. The number of rotatable bonds is 8. The van der Waals surface area contributed by atoms with Gasteiger partial charge in [0.25, 0.3) is 0 Å². The molecule has 0 amide bonds. The van der Waals surface area contributed by atoms with Crippen molar-refractivity contribution in [2.75, 3.05) is 6.61 Å². The Bertz CT molecular complexity index is 385. The van der Waals surface area contributed by atoms with Gasteiger partial charge < -0.3 is 10.4 Å². The molecule has 19 heavy (non-hydrogen) atoms. The van der Waals surface area contributed by atoms with E-state index >= 15 is 0 Å². The van der Waals surface area contributed by atoms with Crippen LogP contribution in [0.2, 0.25) is 0 Å². The lowest BCUT2D eigenvalue weighted by atomic mass is 10.0. The summed E-state index contributed by atoms with van der Waals surface area (Å²) in [6.07, 6.45) is 2.78. The highest BCUT2D eigenvalue weighted by Crippen LogP contribution is 2.16. The first-order chi connectivity index (χ1) is 9.04. The maximum Gasteiger partial charge on any atom is 0.0669 e. The van der Waals surface area contributed by atoms with Crippen LogP contribution in [0.3, 0.4) is 0 Å². The zero-order valence-electron chi connectivity index (χ0n) is 13.0. The number of aliphatic hydroxyl groups excluding tert-OH is 1. The van der Waals surface area contributed by atoms with Crippen molar-refractivity contribution in [3.8, 4) is 0 Å². The van der Waals surface area contributed by atoms with Crippen molar-refractivity contribution in [3.05, 3.63) is 17.0 Å². The summed E-state index contributed by atoms with van der Waals surface area (Å²) in [5.41, 5.74) is 3.85. The predicted octanol–water partition coefficient (Wildman–Crippen LogP) is 2.04. The van der Waals surface area contributed by atoms with E-state index in [0.717, 1.165) is 25.8 Å². The number of aromatic nitrogens is 2. The Morgan fingerprint density at radius 1 is 1.26 bits per heavy atom. The molecule has 1 heterocycles. The third-order valence-electron chi connectivity index (χ3n) is 3.81. The molecule has 110 valence electrons. The molecule has 1 aromatic rings. The number of aliphatic hydroxyl groups is 1. The Morgan fingerprint density at radius 2 is 1.95 bits per heavy atom. The molecule has 0 aliphatic carbocycles. The molecule has 4 nitrogen and oxygen atoms in total. The first-order valence-electron chi connectivity index (χ1n) is 7.42. The van der Waals surface area contributed by atoms with Crippen molar-refractivity contribution in [3.63, 3.8) is 0 Å². The van der Waals surface area contributed by atoms with Gasteiger partial charge in [-0.2, -0.15) is 5.10 Å². The lowest BCUT2D eigenvalue weighted by Gasteiger charge is -2.22. The van der Waals surface area contributed by atoms with Gasteiger partial charge in [-0.25, -0.2) is 0 Å². The van der Waals surface area contributed by atoms with E-state index in [1.165, 1.54) is 17.0 Å². The largest absolute Gasteiger partial charge is 0.396 e. The molecular weight excluding hydrogens is 238 g/mol. The standard InChI is InChI=1S/C15H29N3O/c1-6-13-12(15(7-2)18(5)17-13)10-16-14(8-9-19)11(3)4/h11,14,16,19H,6-10H2,1-5H3. The quantitative estimate of drug-likeness (QED) is 0.758. The number of hydrogen-bond acceptors (Lipinski definition) is 3. The first kappa shape index (κ1) is 16.2. The number of nitrogens with zero attached hydrogens (tertiary/aromatic N) is 2. The van der Waals surface area contributed by atoms with Crippen LogP contribution in [0.25, 0.3) is 0 Å². The molecule has 0 saturated carbocycles. The molecule has 4 heteroatoms. The molecule has 0 spiro atoms. The van der Waals surface area contributed by atoms with E-state index in [1.54, 1.807) is 0 Å². The molecule has 1 aromatic heterocycles. The lowest BCUT2D eigenvalue weighted by molar-refractivity contribution is 0.243. The van der Waals surface area contributed by atoms with Gasteiger partial charge in [0.1, 0.15) is 0 Å². The summed E-state index contributed by atoms with van der Waals surface area (Å²) in [7, 11) is 2.02. The third kappa shape index (κ3) is 4.05. The molecule has 0 aliphatic rings. The highest BCUT2D eigenvalue weighted by molar-refractivity contribution is 5.26. The maximum absolute atomic E-state index is 9.13. The van der Waals surface area contributed by atoms with Gasteiger partial charge in [0, 0.05) is 37.5 Å². The molecule has 0 aliphatic heterocycles. The van der Waals surface area contributed by atoms with Crippen LogP contribution in [-0.4, -0.2) is 27.5 Å². The normalized spacial score (nSPS) is 13.2. The van der Waals surface area contributed by atoms with Gasteiger partial charge in [-0.15, -0.1) is 0 Å². The van der Waals surface area contributed by atoms with E-state index in [9.17, 15) is 0 Å². The van der Waals surface area contributed by atoms with E-state index in [2.05, 4.69) is 38.1 Å². The average molecular weight is 267 g/mol. The van der Waals surface area contributed by atoms with Gasteiger partial charge in [-0.05, 0) is 25.2 Å². The Morgan fingerprint density at radius 3 is 2.42 bits per heavy atom. The number of nitrogens with one attached hydrogen (secondary N) is 1. The molecule has 0 fully saturated rings. The van der Waals surface area contributed by atoms with E-state index in [1.807, 2.05) is 11.7 Å². The van der Waals surface area contributed by atoms with Crippen LogP contribution in [0.5, 0.6) is 0 Å². The summed E-state index contributed by atoms with van der Waals surface area (Å²) in [6.45, 7) is 9.80. The Balaban J connectivity index is 2.80. The Kier molecular flexibility index (Phi) is 6.52. The molecular formula is C15H29N3O. The zero-order chi connectivity index (χ0) is 14.4. The van der Waals surface area contributed by atoms with Gasteiger partial charge in [-0.1, -0.05) is 27.7 Å². The smallest absolute Gasteiger partial charge is 0.0669 e. The molecule has 0 bridgehead atoms. The van der Waals surface area contributed by atoms with Crippen LogP contribution in [0, 0.1) is 5.92 Å². The molecule has 0 aromatic carbocycles. The second-order valence-electron chi connectivity index (χ2n) is 5.45. The van der Waals surface area contributed by atoms with Gasteiger partial charge in [0.2, 0.25) is 0 Å². The summed E-state index contributed by atoms with van der Waals surface area (Å²) in [5.74, 6) is 0.527. The summed E-state index contributed by atoms with van der Waals surface area (Å²) >= 11 is 0. The zero-order valence-corrected chi connectivity index (χ0v) is 13.0. The van der Waals surface area contributed by atoms with Crippen LogP contribution < -0.4 is 5.32 Å². The Hall–Kier alpha value is -0.870. The lowest BCUT2D eigenvalue weighted by Crippen LogP contribution is -2.34. The van der Waals surface area contributed by atoms with E-state index in [4.69, 9.17) is 5.11 Å². The van der Waals surface area contributed by atoms with Crippen LogP contribution >= 0.6 is 0 Å². The fourth-order valence-electron chi connectivity index (χ4n) is 2.64. The number of hydrogen-bond donors (Lipinski definition) is 2. The van der Waals surface area contributed by atoms with Crippen molar-refractivity contribution >= 4 is 0 Å². The minimum Gasteiger partial charge on any atom is -0.396 e. The summed E-state index contributed by atoms with van der Waals surface area (Å²) in [4.78, 5) is 0. The Labute approximate surface area is 117 Å². The summed E-state index contributed by atoms with van der Waals surface area (Å²) in [6, 6.07) is 0.361. The fourth-order valence-corrected chi connectivity index (χ4v) is 2.64. The van der Waals surface area contributed by atoms with Gasteiger partial charge in [-0.3, -0.25) is 4.68 Å². The SMILES string of the molecule is CCc1nn(C)c(CC)c1CNC(CCO)C(C)C. The average Bonchev–Trinajstić information content (AvgIpc) is 2.69. The second kappa shape index (κ2) is 7.65. The highest BCUT2D eigenvalue weighted by Gasteiger charge is 2.17. The maximum atomic E-state index is 9.13. The van der Waals surface area contributed by atoms with Crippen LogP contribution in [0.15, 0.2) is 0 Å². The molecule has 2 N–H and O–H groups in total. The van der Waals surface area contributed by atoms with Crippen LogP contribution in [0.1, 0.15) is 51.1 Å². The molecule has 0 saturated heterocycles. The predicted molar refractivity (Wildman–Crippen MR) is 79.1 cm³/mol. The minimum absolute atomic E-state index is 0.240. The van der Waals surface area contributed by atoms with E-state index in [-0.39, 0.29) is 6.61 Å². The van der Waals surface area contributed by atoms with Crippen molar-refractivity contribution < 1.29 is 5.11 Å². The topological polar surface area (TPSA) is 50.1 Å². The van der Waals surface area contributed by atoms with Gasteiger partial charge in [0.15, 0.2) is 0 Å². The minimum atomic E-state index is 0.240. The van der Waals surface area contributed by atoms with E-state index < -0.39 is 0 Å². The van der Waals surface area contributed by atoms with E-state index in [0.29, 0.717) is 12.0 Å². The molecule has 1 rings (SSSR count). The number of aryl methyl sites for hydroxylation is 2. The van der Waals surface area contributed by atoms with Gasteiger partial charge in [0.05, 0.1) is 5.69 Å². The van der Waals surface area contributed by atoms with Crippen LogP contribution in [0.4, 0.5) is 0 Å². The first-order valence-corrected chi connectivity index (χ1v) is 7.42. The fraction of sp³-hybridized carbons (Fsp3) is 0.800. The van der Waals surface area contributed by atoms with Crippen LogP contribution in [-0.2, 0) is 26.4 Å².